The molecule has 3 nitrogen and oxygen atoms in total. The molecule has 3 heteroatoms. The van der Waals surface area contributed by atoms with Crippen LogP contribution in [0.5, 0.6) is 5.75 Å². The third-order valence-electron chi connectivity index (χ3n) is 4.58. The molecule has 1 aliphatic carbocycles. The summed E-state index contributed by atoms with van der Waals surface area (Å²) in [7, 11) is 0. The molecule has 0 spiro atoms. The lowest BCUT2D eigenvalue weighted by Crippen LogP contribution is -2.38. The minimum atomic E-state index is 0.205. The lowest BCUT2D eigenvalue weighted by Gasteiger charge is -2.37. The minimum Gasteiger partial charge on any atom is -0.486 e. The van der Waals surface area contributed by atoms with Gasteiger partial charge in [-0.25, -0.2) is 0 Å². The maximum Gasteiger partial charge on any atom is 0.145 e. The Balaban J connectivity index is 1.72. The van der Waals surface area contributed by atoms with Crippen molar-refractivity contribution >= 4 is 0 Å². The highest BCUT2D eigenvalue weighted by Gasteiger charge is 2.32. The van der Waals surface area contributed by atoms with Crippen molar-refractivity contribution in [2.45, 2.75) is 43.6 Å². The van der Waals surface area contributed by atoms with E-state index in [4.69, 9.17) is 15.2 Å². The van der Waals surface area contributed by atoms with Crippen LogP contribution in [0.1, 0.15) is 37.7 Å². The molecule has 0 aromatic heterocycles. The van der Waals surface area contributed by atoms with Crippen LogP contribution < -0.4 is 10.5 Å². The summed E-state index contributed by atoms with van der Waals surface area (Å²) in [6.45, 7) is 2.19. The highest BCUT2D eigenvalue weighted by Crippen LogP contribution is 2.39. The molecule has 2 aliphatic rings. The lowest BCUT2D eigenvalue weighted by atomic mass is 9.69. The van der Waals surface area contributed by atoms with Gasteiger partial charge in [0.05, 0.1) is 13.2 Å². The summed E-state index contributed by atoms with van der Waals surface area (Å²) in [5.74, 6) is 0.944. The van der Waals surface area contributed by atoms with E-state index in [1.165, 1.54) is 37.7 Å². The largest absolute Gasteiger partial charge is 0.486 e. The zero-order chi connectivity index (χ0) is 13.1. The van der Waals surface area contributed by atoms with Crippen LogP contribution in [0, 0.1) is 0 Å². The third kappa shape index (κ3) is 2.63. The number of hydrogen-bond acceptors (Lipinski definition) is 3. The molecule has 0 unspecified atom stereocenters. The Morgan fingerprint density at radius 3 is 2.32 bits per heavy atom. The van der Waals surface area contributed by atoms with Crippen molar-refractivity contribution in [3.63, 3.8) is 0 Å². The maximum atomic E-state index is 6.07. The van der Waals surface area contributed by atoms with Gasteiger partial charge in [0.15, 0.2) is 0 Å². The van der Waals surface area contributed by atoms with Gasteiger partial charge in [-0.05, 0) is 30.5 Å². The first-order valence-electron chi connectivity index (χ1n) is 7.37. The van der Waals surface area contributed by atoms with Crippen LogP contribution in [0.25, 0.3) is 0 Å². The Bertz CT molecular complexity index is 405. The Labute approximate surface area is 115 Å². The second-order valence-corrected chi connectivity index (χ2v) is 5.85. The van der Waals surface area contributed by atoms with Crippen LogP contribution in [0.4, 0.5) is 0 Å². The normalized spacial score (nSPS) is 22.8. The molecule has 1 aromatic carbocycles. The van der Waals surface area contributed by atoms with Crippen molar-refractivity contribution < 1.29 is 9.47 Å². The highest BCUT2D eigenvalue weighted by atomic mass is 16.6. The lowest BCUT2D eigenvalue weighted by molar-refractivity contribution is -0.0796. The van der Waals surface area contributed by atoms with Crippen LogP contribution >= 0.6 is 0 Å². The van der Waals surface area contributed by atoms with Gasteiger partial charge in [0.25, 0.3) is 0 Å². The summed E-state index contributed by atoms with van der Waals surface area (Å²) in [6.07, 6.45) is 6.64. The van der Waals surface area contributed by atoms with E-state index < -0.39 is 0 Å². The van der Waals surface area contributed by atoms with E-state index in [0.717, 1.165) is 12.3 Å². The van der Waals surface area contributed by atoms with E-state index >= 15 is 0 Å². The van der Waals surface area contributed by atoms with Crippen LogP contribution in [-0.4, -0.2) is 25.9 Å². The molecule has 2 fully saturated rings. The molecule has 0 bridgehead atoms. The summed E-state index contributed by atoms with van der Waals surface area (Å²) in [6, 6.07) is 8.57. The number of hydrogen-bond donors (Lipinski definition) is 1. The fraction of sp³-hybridized carbons (Fsp3) is 0.625. The summed E-state index contributed by atoms with van der Waals surface area (Å²) in [5, 5.41) is 0. The molecule has 2 N–H and O–H groups in total. The molecular weight excluding hydrogens is 238 g/mol. The summed E-state index contributed by atoms with van der Waals surface area (Å²) in [4.78, 5) is 0. The van der Waals surface area contributed by atoms with Gasteiger partial charge in [0.1, 0.15) is 11.9 Å². The monoisotopic (exact) mass is 261 g/mol. The van der Waals surface area contributed by atoms with Crippen molar-refractivity contribution in [1.29, 1.82) is 0 Å². The summed E-state index contributed by atoms with van der Waals surface area (Å²) < 4.78 is 10.9. The second-order valence-electron chi connectivity index (χ2n) is 5.85. The fourth-order valence-corrected chi connectivity index (χ4v) is 3.20. The number of benzene rings is 1. The molecule has 0 atom stereocenters. The Morgan fingerprint density at radius 2 is 1.79 bits per heavy atom. The predicted molar refractivity (Wildman–Crippen MR) is 75.5 cm³/mol. The quantitative estimate of drug-likeness (QED) is 0.906. The SMILES string of the molecule is NCC1(c2ccc(OC3COC3)cc2)CCCCC1. The second kappa shape index (κ2) is 5.51. The first kappa shape index (κ1) is 12.9. The zero-order valence-electron chi connectivity index (χ0n) is 11.4. The number of ether oxygens (including phenoxy) is 2. The van der Waals surface area contributed by atoms with E-state index in [1.54, 1.807) is 0 Å². The topological polar surface area (TPSA) is 44.5 Å². The van der Waals surface area contributed by atoms with Crippen LogP contribution in [0.3, 0.4) is 0 Å². The van der Waals surface area contributed by atoms with Gasteiger partial charge in [-0.15, -0.1) is 0 Å². The van der Waals surface area contributed by atoms with Crippen molar-refractivity contribution in [1.82, 2.24) is 0 Å². The smallest absolute Gasteiger partial charge is 0.145 e. The van der Waals surface area contributed by atoms with Gasteiger partial charge in [0, 0.05) is 12.0 Å². The molecule has 104 valence electrons. The highest BCUT2D eigenvalue weighted by molar-refractivity contribution is 5.33. The minimum absolute atomic E-state index is 0.205. The van der Waals surface area contributed by atoms with Gasteiger partial charge >= 0.3 is 0 Å². The molecule has 1 heterocycles. The first-order valence-corrected chi connectivity index (χ1v) is 7.37. The average molecular weight is 261 g/mol. The molecule has 19 heavy (non-hydrogen) atoms. The molecule has 1 saturated heterocycles. The Hall–Kier alpha value is -1.06. The van der Waals surface area contributed by atoms with Crippen LogP contribution in [-0.2, 0) is 10.2 Å². The fourth-order valence-electron chi connectivity index (χ4n) is 3.20. The molecule has 3 rings (SSSR count). The van der Waals surface area contributed by atoms with Gasteiger partial charge < -0.3 is 15.2 Å². The van der Waals surface area contributed by atoms with E-state index in [9.17, 15) is 0 Å². The van der Waals surface area contributed by atoms with Gasteiger partial charge in [-0.2, -0.15) is 0 Å². The predicted octanol–water partition coefficient (Wildman–Crippen LogP) is 2.62. The van der Waals surface area contributed by atoms with Gasteiger partial charge in [-0.1, -0.05) is 31.4 Å². The molecule has 1 saturated carbocycles. The number of nitrogens with two attached hydrogens (primary N) is 1. The Morgan fingerprint density at radius 1 is 1.11 bits per heavy atom. The van der Waals surface area contributed by atoms with Crippen molar-refractivity contribution in [2.75, 3.05) is 19.8 Å². The molecular formula is C16H23NO2. The van der Waals surface area contributed by atoms with E-state index in [2.05, 4.69) is 24.3 Å². The zero-order valence-corrected chi connectivity index (χ0v) is 11.4. The Kier molecular flexibility index (Phi) is 3.76. The average Bonchev–Trinajstić information content (AvgIpc) is 2.44. The first-order chi connectivity index (χ1) is 9.32. The summed E-state index contributed by atoms with van der Waals surface area (Å²) in [5.41, 5.74) is 7.66. The molecule has 1 aliphatic heterocycles. The van der Waals surface area contributed by atoms with Crippen LogP contribution in [0.2, 0.25) is 0 Å². The third-order valence-corrected chi connectivity index (χ3v) is 4.58. The molecule has 1 aromatic rings. The van der Waals surface area contributed by atoms with Crippen molar-refractivity contribution in [3.05, 3.63) is 29.8 Å². The van der Waals surface area contributed by atoms with Crippen molar-refractivity contribution in [3.8, 4) is 5.75 Å². The van der Waals surface area contributed by atoms with Gasteiger partial charge in [0.2, 0.25) is 0 Å². The van der Waals surface area contributed by atoms with Crippen LogP contribution in [0.15, 0.2) is 24.3 Å². The summed E-state index contributed by atoms with van der Waals surface area (Å²) >= 11 is 0. The maximum absolute atomic E-state index is 6.07. The van der Waals surface area contributed by atoms with E-state index in [0.29, 0.717) is 13.2 Å². The number of rotatable bonds is 4. The van der Waals surface area contributed by atoms with Gasteiger partial charge in [-0.3, -0.25) is 0 Å². The van der Waals surface area contributed by atoms with Crippen molar-refractivity contribution in [2.24, 2.45) is 5.73 Å². The standard InChI is InChI=1S/C16H23NO2/c17-12-16(8-2-1-3-9-16)13-4-6-14(7-5-13)19-15-10-18-11-15/h4-7,15H,1-3,8-12,17H2. The van der Waals surface area contributed by atoms with E-state index in [-0.39, 0.29) is 11.5 Å². The molecule has 0 amide bonds. The van der Waals surface area contributed by atoms with E-state index in [1.807, 2.05) is 0 Å². The molecule has 0 radical (unpaired) electrons.